The maximum absolute atomic E-state index is 13.4. The van der Waals surface area contributed by atoms with Crippen LogP contribution in [0.2, 0.25) is 0 Å². The van der Waals surface area contributed by atoms with Crippen molar-refractivity contribution in [2.24, 2.45) is 0 Å². The van der Waals surface area contributed by atoms with Gasteiger partial charge in [-0.25, -0.2) is 18.1 Å². The lowest BCUT2D eigenvalue weighted by Crippen LogP contribution is -2.39. The van der Waals surface area contributed by atoms with Gasteiger partial charge in [-0.15, -0.1) is 0 Å². The van der Waals surface area contributed by atoms with Gasteiger partial charge in [0.1, 0.15) is 5.54 Å². The summed E-state index contributed by atoms with van der Waals surface area (Å²) in [5.74, 6) is -0.731. The summed E-state index contributed by atoms with van der Waals surface area (Å²) >= 11 is 0. The van der Waals surface area contributed by atoms with E-state index in [1.54, 1.807) is 11.0 Å². The van der Waals surface area contributed by atoms with Gasteiger partial charge in [0, 0.05) is 32.0 Å². The number of likely N-dealkylation sites (tertiary alicyclic amines) is 1. The summed E-state index contributed by atoms with van der Waals surface area (Å²) in [6, 6.07) is 4.39. The molecule has 13 heteroatoms. The average molecular weight is 537 g/mol. The van der Waals surface area contributed by atoms with Gasteiger partial charge in [-0.05, 0) is 68.0 Å². The van der Waals surface area contributed by atoms with Gasteiger partial charge < -0.3 is 9.80 Å². The number of benzene rings is 1. The van der Waals surface area contributed by atoms with Crippen LogP contribution in [0.1, 0.15) is 48.0 Å². The fraction of sp³-hybridized carbons (Fsp3) is 0.417. The van der Waals surface area contributed by atoms with Crippen LogP contribution < -0.4 is 4.90 Å². The number of imide groups is 1. The molecule has 1 aromatic carbocycles. The summed E-state index contributed by atoms with van der Waals surface area (Å²) in [6.45, 7) is 1.23. The predicted octanol–water partition coefficient (Wildman–Crippen LogP) is 3.50. The van der Waals surface area contributed by atoms with Gasteiger partial charge in [0.2, 0.25) is 0 Å². The zero-order valence-electron chi connectivity index (χ0n) is 19.6. The SMILES string of the molecule is O=C(c1cnccc1CN1C(=O)N(c2ccc(S(=O)(=O)C(F)(F)F)cc2)C(=O)C12CC2)N1CCCCC1. The highest BCUT2D eigenvalue weighted by molar-refractivity contribution is 7.92. The van der Waals surface area contributed by atoms with Crippen LogP contribution in [0.5, 0.6) is 0 Å². The number of anilines is 1. The number of rotatable bonds is 5. The van der Waals surface area contributed by atoms with Gasteiger partial charge in [-0.2, -0.15) is 13.2 Å². The first-order valence-electron chi connectivity index (χ1n) is 11.8. The summed E-state index contributed by atoms with van der Waals surface area (Å²) in [5.41, 5.74) is -5.74. The van der Waals surface area contributed by atoms with Crippen molar-refractivity contribution in [2.45, 2.75) is 54.6 Å². The Morgan fingerprint density at radius 2 is 1.65 bits per heavy atom. The molecule has 1 spiro atoms. The van der Waals surface area contributed by atoms with E-state index in [1.165, 1.54) is 17.3 Å². The second kappa shape index (κ2) is 8.82. The van der Waals surface area contributed by atoms with Crippen LogP contribution in [0.25, 0.3) is 0 Å². The predicted molar refractivity (Wildman–Crippen MR) is 124 cm³/mol. The number of amides is 4. The molecule has 0 radical (unpaired) electrons. The van der Waals surface area contributed by atoms with Crippen LogP contribution in [0.4, 0.5) is 23.7 Å². The molecule has 0 atom stereocenters. The molecule has 0 unspecified atom stereocenters. The lowest BCUT2D eigenvalue weighted by atomic mass is 10.1. The molecule has 1 aromatic heterocycles. The van der Waals surface area contributed by atoms with Gasteiger partial charge in [0.05, 0.1) is 16.1 Å². The quantitative estimate of drug-likeness (QED) is 0.542. The van der Waals surface area contributed by atoms with E-state index in [0.29, 0.717) is 37.1 Å². The van der Waals surface area contributed by atoms with Crippen LogP contribution in [-0.2, 0) is 21.2 Å². The van der Waals surface area contributed by atoms with Crippen molar-refractivity contribution < 1.29 is 36.0 Å². The van der Waals surface area contributed by atoms with Crippen molar-refractivity contribution in [3.05, 3.63) is 53.9 Å². The Balaban J connectivity index is 1.42. The van der Waals surface area contributed by atoms with Crippen LogP contribution in [0.3, 0.4) is 0 Å². The average Bonchev–Trinajstić information content (AvgIpc) is 3.66. The molecular formula is C24H23F3N4O5S. The number of hydrogen-bond acceptors (Lipinski definition) is 6. The van der Waals surface area contributed by atoms with Gasteiger partial charge >= 0.3 is 11.5 Å². The first-order chi connectivity index (χ1) is 17.5. The largest absolute Gasteiger partial charge is 0.501 e. The van der Waals surface area contributed by atoms with Crippen molar-refractivity contribution in [3.63, 3.8) is 0 Å². The third kappa shape index (κ3) is 4.14. The molecule has 37 heavy (non-hydrogen) atoms. The standard InChI is InChI=1S/C24H23F3N4O5S/c25-24(26,27)37(35,36)18-6-4-17(5-7-18)31-21(33)23(9-10-23)30(22(31)34)15-16-8-11-28-14-19(16)20(32)29-12-2-1-3-13-29/h4-8,11,14H,1-3,9-10,12-13,15H2. The van der Waals surface area contributed by atoms with Crippen molar-refractivity contribution in [2.75, 3.05) is 18.0 Å². The highest BCUT2D eigenvalue weighted by Gasteiger charge is 2.65. The minimum absolute atomic E-state index is 0.0287. The van der Waals surface area contributed by atoms with Crippen LogP contribution in [-0.4, -0.2) is 65.2 Å². The van der Waals surface area contributed by atoms with Gasteiger partial charge in [0.25, 0.3) is 21.7 Å². The molecule has 0 bridgehead atoms. The topological polar surface area (TPSA) is 108 Å². The minimum Gasteiger partial charge on any atom is -0.339 e. The smallest absolute Gasteiger partial charge is 0.339 e. The number of pyridine rings is 1. The highest BCUT2D eigenvalue weighted by atomic mass is 32.2. The molecule has 3 aliphatic rings. The van der Waals surface area contributed by atoms with E-state index in [9.17, 15) is 36.0 Å². The molecule has 2 aromatic rings. The van der Waals surface area contributed by atoms with Gasteiger partial charge in [-0.3, -0.25) is 14.6 Å². The van der Waals surface area contributed by atoms with Crippen LogP contribution >= 0.6 is 0 Å². The Bertz CT molecular complexity index is 1370. The number of piperidine rings is 1. The molecule has 9 nitrogen and oxygen atoms in total. The number of nitrogens with zero attached hydrogens (tertiary/aromatic N) is 4. The molecule has 196 valence electrons. The summed E-state index contributed by atoms with van der Waals surface area (Å²) in [4.78, 5) is 46.9. The molecule has 3 heterocycles. The Morgan fingerprint density at radius 3 is 2.24 bits per heavy atom. The minimum atomic E-state index is -5.57. The zero-order chi connectivity index (χ0) is 26.6. The molecule has 0 N–H and O–H groups in total. The fourth-order valence-electron chi connectivity index (χ4n) is 4.86. The Labute approximate surface area is 210 Å². The Morgan fingerprint density at radius 1 is 1.00 bits per heavy atom. The first kappa shape index (κ1) is 25.2. The number of urea groups is 1. The second-order valence-corrected chi connectivity index (χ2v) is 11.3. The lowest BCUT2D eigenvalue weighted by Gasteiger charge is -2.28. The summed E-state index contributed by atoms with van der Waals surface area (Å²) in [5, 5.41) is 0. The van der Waals surface area contributed by atoms with Crippen molar-refractivity contribution in [1.82, 2.24) is 14.8 Å². The van der Waals surface area contributed by atoms with Crippen molar-refractivity contribution >= 4 is 33.4 Å². The number of alkyl halides is 3. The number of aromatic nitrogens is 1. The molecule has 2 saturated heterocycles. The van der Waals surface area contributed by atoms with E-state index >= 15 is 0 Å². The molecule has 2 aliphatic heterocycles. The monoisotopic (exact) mass is 536 g/mol. The molecule has 1 aliphatic carbocycles. The van der Waals surface area contributed by atoms with E-state index in [1.807, 2.05) is 0 Å². The van der Waals surface area contributed by atoms with E-state index in [4.69, 9.17) is 0 Å². The highest BCUT2D eigenvalue weighted by Crippen LogP contribution is 2.50. The fourth-order valence-corrected chi connectivity index (χ4v) is 5.62. The summed E-state index contributed by atoms with van der Waals surface area (Å²) in [6.07, 6.45) is 6.61. The maximum atomic E-state index is 13.4. The molecule has 5 rings (SSSR count). The number of halogens is 3. The van der Waals surface area contributed by atoms with E-state index in [-0.39, 0.29) is 18.1 Å². The van der Waals surface area contributed by atoms with E-state index in [0.717, 1.165) is 48.4 Å². The zero-order valence-corrected chi connectivity index (χ0v) is 20.4. The molecule has 4 amide bonds. The third-order valence-corrected chi connectivity index (χ3v) is 8.59. The number of sulfone groups is 1. The van der Waals surface area contributed by atoms with E-state index < -0.39 is 37.7 Å². The van der Waals surface area contributed by atoms with Crippen molar-refractivity contribution in [3.8, 4) is 0 Å². The lowest BCUT2D eigenvalue weighted by molar-refractivity contribution is -0.120. The maximum Gasteiger partial charge on any atom is 0.501 e. The first-order valence-corrected chi connectivity index (χ1v) is 13.3. The third-order valence-electron chi connectivity index (χ3n) is 7.09. The summed E-state index contributed by atoms with van der Waals surface area (Å²) in [7, 11) is -5.57. The van der Waals surface area contributed by atoms with Crippen LogP contribution in [0, 0.1) is 0 Å². The number of hydrogen-bond donors (Lipinski definition) is 0. The second-order valence-electron chi connectivity index (χ2n) is 9.37. The molecule has 3 fully saturated rings. The van der Waals surface area contributed by atoms with Crippen LogP contribution in [0.15, 0.2) is 47.6 Å². The van der Waals surface area contributed by atoms with Gasteiger partial charge in [-0.1, -0.05) is 0 Å². The van der Waals surface area contributed by atoms with E-state index in [2.05, 4.69) is 4.98 Å². The number of carbonyl (C=O) groups is 3. The Hall–Kier alpha value is -3.48. The summed E-state index contributed by atoms with van der Waals surface area (Å²) < 4.78 is 62.0. The molecular weight excluding hydrogens is 513 g/mol. The van der Waals surface area contributed by atoms with Gasteiger partial charge in [0.15, 0.2) is 0 Å². The Kier molecular flexibility index (Phi) is 6.00. The number of carbonyl (C=O) groups excluding carboxylic acids is 3. The molecule has 1 saturated carbocycles. The van der Waals surface area contributed by atoms with Crippen molar-refractivity contribution in [1.29, 1.82) is 0 Å². The normalized spacial score (nSPS) is 19.6.